The van der Waals surface area contributed by atoms with Crippen LogP contribution in [0.2, 0.25) is 0 Å². The molecular formula is C16H20. The van der Waals surface area contributed by atoms with E-state index in [1.165, 1.54) is 43.2 Å². The second-order valence-corrected chi connectivity index (χ2v) is 4.49. The molecule has 0 bridgehead atoms. The van der Waals surface area contributed by atoms with Crippen molar-refractivity contribution in [1.82, 2.24) is 0 Å². The first-order chi connectivity index (χ1) is 7.90. The van der Waals surface area contributed by atoms with Gasteiger partial charge in [0.2, 0.25) is 0 Å². The Labute approximate surface area is 98.7 Å². The minimum atomic E-state index is 1.21. The molecule has 0 nitrogen and oxygen atoms in total. The molecule has 0 atom stereocenters. The van der Waals surface area contributed by atoms with E-state index in [1.807, 2.05) is 0 Å². The summed E-state index contributed by atoms with van der Waals surface area (Å²) in [6.07, 6.45) is 11.0. The van der Waals surface area contributed by atoms with Gasteiger partial charge in [-0.2, -0.15) is 0 Å². The van der Waals surface area contributed by atoms with E-state index in [1.54, 1.807) is 5.57 Å². The number of unbranched alkanes of at least 4 members (excludes halogenated alkanes) is 1. The topological polar surface area (TPSA) is 0 Å². The minimum Gasteiger partial charge on any atom is -0.0699 e. The molecular weight excluding hydrogens is 192 g/mol. The van der Waals surface area contributed by atoms with E-state index in [0.29, 0.717) is 0 Å². The van der Waals surface area contributed by atoms with E-state index >= 15 is 0 Å². The summed E-state index contributed by atoms with van der Waals surface area (Å²) in [6.45, 7) is 2.26. The molecule has 0 aromatic heterocycles. The van der Waals surface area contributed by atoms with Crippen LogP contribution in [-0.4, -0.2) is 0 Å². The second kappa shape index (κ2) is 5.69. The molecule has 0 N–H and O–H groups in total. The maximum absolute atomic E-state index is 2.33. The maximum atomic E-state index is 2.33. The monoisotopic (exact) mass is 212 g/mol. The van der Waals surface area contributed by atoms with Crippen LogP contribution >= 0.6 is 0 Å². The Kier molecular flexibility index (Phi) is 3.98. The smallest absolute Gasteiger partial charge is 0.0224 e. The number of hydrogen-bond donors (Lipinski definition) is 0. The van der Waals surface area contributed by atoms with Crippen molar-refractivity contribution in [1.29, 1.82) is 0 Å². The Morgan fingerprint density at radius 3 is 2.44 bits per heavy atom. The first-order valence-electron chi connectivity index (χ1n) is 6.34. The van der Waals surface area contributed by atoms with Gasteiger partial charge in [-0.25, -0.2) is 0 Å². The van der Waals surface area contributed by atoms with Gasteiger partial charge >= 0.3 is 0 Å². The van der Waals surface area contributed by atoms with Gasteiger partial charge in [-0.1, -0.05) is 61.4 Å². The van der Waals surface area contributed by atoms with Crippen LogP contribution < -0.4 is 0 Å². The van der Waals surface area contributed by atoms with E-state index in [-0.39, 0.29) is 0 Å². The van der Waals surface area contributed by atoms with Gasteiger partial charge in [-0.15, -0.1) is 0 Å². The molecule has 0 heterocycles. The standard InChI is InChI=1S/C16H20/c1-2-3-7-14-10-12-16(13-11-14)15-8-5-4-6-9-15/h4-6,8-10,12H,2-3,7,11,13H2,1H3. The lowest BCUT2D eigenvalue weighted by atomic mass is 9.91. The fourth-order valence-electron chi connectivity index (χ4n) is 2.19. The van der Waals surface area contributed by atoms with Crippen LogP contribution in [0.1, 0.15) is 44.6 Å². The molecule has 2 rings (SSSR count). The van der Waals surface area contributed by atoms with Gasteiger partial charge in [0.15, 0.2) is 0 Å². The summed E-state index contributed by atoms with van der Waals surface area (Å²) in [7, 11) is 0. The number of rotatable bonds is 4. The highest BCUT2D eigenvalue weighted by atomic mass is 14.1. The van der Waals surface area contributed by atoms with E-state index in [4.69, 9.17) is 0 Å². The Morgan fingerprint density at radius 1 is 1.00 bits per heavy atom. The Hall–Kier alpha value is -1.30. The minimum absolute atomic E-state index is 1.21. The third kappa shape index (κ3) is 2.85. The Balaban J connectivity index is 2.05. The van der Waals surface area contributed by atoms with Gasteiger partial charge in [0.05, 0.1) is 0 Å². The average molecular weight is 212 g/mol. The van der Waals surface area contributed by atoms with Crippen LogP contribution in [-0.2, 0) is 0 Å². The summed E-state index contributed by atoms with van der Waals surface area (Å²) in [6, 6.07) is 10.7. The summed E-state index contributed by atoms with van der Waals surface area (Å²) in [5.41, 5.74) is 4.50. The van der Waals surface area contributed by atoms with Crippen molar-refractivity contribution in [2.24, 2.45) is 0 Å². The number of benzene rings is 1. The molecule has 0 saturated heterocycles. The molecule has 1 aromatic rings. The molecule has 0 saturated carbocycles. The van der Waals surface area contributed by atoms with Gasteiger partial charge in [0.1, 0.15) is 0 Å². The molecule has 0 fully saturated rings. The third-order valence-corrected chi connectivity index (χ3v) is 3.23. The maximum Gasteiger partial charge on any atom is -0.0224 e. The molecule has 0 radical (unpaired) electrons. The highest BCUT2D eigenvalue weighted by Gasteiger charge is 2.07. The molecule has 1 aliphatic carbocycles. The number of hydrogen-bond acceptors (Lipinski definition) is 0. The zero-order valence-electron chi connectivity index (χ0n) is 10.1. The van der Waals surface area contributed by atoms with Crippen LogP contribution in [0.25, 0.3) is 5.57 Å². The Bertz CT molecular complexity index is 382. The van der Waals surface area contributed by atoms with Gasteiger partial charge in [-0.05, 0) is 36.8 Å². The first-order valence-corrected chi connectivity index (χ1v) is 6.34. The summed E-state index contributed by atoms with van der Waals surface area (Å²) in [5.74, 6) is 0. The van der Waals surface area contributed by atoms with E-state index in [9.17, 15) is 0 Å². The van der Waals surface area contributed by atoms with Crippen LogP contribution in [0, 0.1) is 0 Å². The zero-order valence-corrected chi connectivity index (χ0v) is 10.1. The van der Waals surface area contributed by atoms with Gasteiger partial charge < -0.3 is 0 Å². The fraction of sp³-hybridized carbons (Fsp3) is 0.375. The van der Waals surface area contributed by atoms with Crippen molar-refractivity contribution in [2.75, 3.05) is 0 Å². The van der Waals surface area contributed by atoms with Crippen molar-refractivity contribution < 1.29 is 0 Å². The van der Waals surface area contributed by atoms with Crippen molar-refractivity contribution in [3.63, 3.8) is 0 Å². The summed E-state index contributed by atoms with van der Waals surface area (Å²) in [4.78, 5) is 0. The second-order valence-electron chi connectivity index (χ2n) is 4.49. The van der Waals surface area contributed by atoms with E-state index in [0.717, 1.165) is 0 Å². The molecule has 0 unspecified atom stereocenters. The predicted octanol–water partition coefficient (Wildman–Crippen LogP) is 4.98. The molecule has 0 amide bonds. The van der Waals surface area contributed by atoms with Crippen LogP contribution in [0.4, 0.5) is 0 Å². The fourth-order valence-corrected chi connectivity index (χ4v) is 2.19. The highest BCUT2D eigenvalue weighted by Crippen LogP contribution is 2.28. The van der Waals surface area contributed by atoms with Crippen LogP contribution in [0.3, 0.4) is 0 Å². The SMILES string of the molecule is CCCCC1=CC=C(c2ccccc2)CC1. The first kappa shape index (κ1) is 11.2. The van der Waals surface area contributed by atoms with Crippen molar-refractivity contribution in [3.8, 4) is 0 Å². The van der Waals surface area contributed by atoms with Crippen molar-refractivity contribution in [2.45, 2.75) is 39.0 Å². The molecule has 84 valence electrons. The molecule has 1 aromatic carbocycles. The highest BCUT2D eigenvalue weighted by molar-refractivity contribution is 5.68. The molecule has 0 spiro atoms. The van der Waals surface area contributed by atoms with E-state index in [2.05, 4.69) is 49.4 Å². The lowest BCUT2D eigenvalue weighted by Crippen LogP contribution is -1.93. The Morgan fingerprint density at radius 2 is 1.81 bits per heavy atom. The lowest BCUT2D eigenvalue weighted by molar-refractivity contribution is 0.753. The van der Waals surface area contributed by atoms with Gasteiger partial charge in [-0.3, -0.25) is 0 Å². The number of allylic oxidation sites excluding steroid dienone is 4. The van der Waals surface area contributed by atoms with Gasteiger partial charge in [0, 0.05) is 0 Å². The molecule has 0 aliphatic heterocycles. The lowest BCUT2D eigenvalue weighted by Gasteiger charge is -2.14. The van der Waals surface area contributed by atoms with Crippen LogP contribution in [0.15, 0.2) is 48.1 Å². The van der Waals surface area contributed by atoms with Crippen molar-refractivity contribution >= 4 is 5.57 Å². The van der Waals surface area contributed by atoms with E-state index < -0.39 is 0 Å². The zero-order chi connectivity index (χ0) is 11.2. The molecule has 1 aliphatic rings. The summed E-state index contributed by atoms with van der Waals surface area (Å²) < 4.78 is 0. The quantitative estimate of drug-likeness (QED) is 0.660. The predicted molar refractivity (Wildman–Crippen MR) is 71.3 cm³/mol. The van der Waals surface area contributed by atoms with Gasteiger partial charge in [0.25, 0.3) is 0 Å². The summed E-state index contributed by atoms with van der Waals surface area (Å²) >= 11 is 0. The third-order valence-electron chi connectivity index (χ3n) is 3.23. The van der Waals surface area contributed by atoms with Crippen molar-refractivity contribution in [3.05, 3.63) is 53.6 Å². The van der Waals surface area contributed by atoms with Crippen LogP contribution in [0.5, 0.6) is 0 Å². The molecule has 0 heteroatoms. The normalized spacial score (nSPS) is 15.6. The average Bonchev–Trinajstić information content (AvgIpc) is 2.38. The largest absolute Gasteiger partial charge is 0.0699 e. The molecule has 16 heavy (non-hydrogen) atoms. The summed E-state index contributed by atoms with van der Waals surface area (Å²) in [5, 5.41) is 0.